The van der Waals surface area contributed by atoms with E-state index in [-0.39, 0.29) is 11.7 Å². The van der Waals surface area contributed by atoms with Crippen LogP contribution in [0, 0.1) is 0 Å². The number of nitrogens with one attached hydrogen (secondary N) is 1. The average Bonchev–Trinajstić information content (AvgIpc) is 2.20. The van der Waals surface area contributed by atoms with Crippen LogP contribution >= 0.6 is 11.8 Å². The van der Waals surface area contributed by atoms with Crippen LogP contribution in [-0.4, -0.2) is 48.2 Å². The molecule has 0 aliphatic carbocycles. The molecule has 0 rings (SSSR count). The normalized spacial score (nSPS) is 12.1. The van der Waals surface area contributed by atoms with E-state index in [0.717, 1.165) is 5.75 Å². The van der Waals surface area contributed by atoms with Gasteiger partial charge in [0, 0.05) is 12.9 Å². The highest BCUT2D eigenvalue weighted by atomic mass is 32.2. The van der Waals surface area contributed by atoms with Gasteiger partial charge >= 0.3 is 5.97 Å². The van der Waals surface area contributed by atoms with E-state index in [2.05, 4.69) is 5.32 Å². The molecule has 1 amide bonds. The summed E-state index contributed by atoms with van der Waals surface area (Å²) < 4.78 is 4.82. The first kappa shape index (κ1) is 14.2. The Morgan fingerprint density at radius 1 is 1.53 bits per heavy atom. The van der Waals surface area contributed by atoms with E-state index >= 15 is 0 Å². The quantitative estimate of drug-likeness (QED) is 0.594. The van der Waals surface area contributed by atoms with Gasteiger partial charge < -0.3 is 15.2 Å². The predicted octanol–water partition coefficient (Wildman–Crippen LogP) is 0.345. The minimum absolute atomic E-state index is 0.245. The van der Waals surface area contributed by atoms with E-state index in [0.29, 0.717) is 13.0 Å². The van der Waals surface area contributed by atoms with Crippen molar-refractivity contribution >= 4 is 23.6 Å². The molecule has 0 fully saturated rings. The van der Waals surface area contributed by atoms with Gasteiger partial charge in [0.15, 0.2) is 0 Å². The maximum atomic E-state index is 11.2. The van der Waals surface area contributed by atoms with Crippen LogP contribution in [0.15, 0.2) is 0 Å². The molecule has 2 N–H and O–H groups in total. The number of ether oxygens (including phenoxy) is 1. The summed E-state index contributed by atoms with van der Waals surface area (Å²) in [5, 5.41) is 11.1. The van der Waals surface area contributed by atoms with Crippen LogP contribution in [0.2, 0.25) is 0 Å². The van der Waals surface area contributed by atoms with E-state index in [1.807, 2.05) is 0 Å². The van der Waals surface area contributed by atoms with Crippen LogP contribution in [-0.2, 0) is 14.3 Å². The van der Waals surface area contributed by atoms with Gasteiger partial charge in [-0.15, -0.1) is 11.8 Å². The van der Waals surface area contributed by atoms with Gasteiger partial charge in [-0.1, -0.05) is 6.92 Å². The van der Waals surface area contributed by atoms with Crippen molar-refractivity contribution in [3.05, 3.63) is 0 Å². The highest BCUT2D eigenvalue weighted by Crippen LogP contribution is 1.99. The minimum Gasteiger partial charge on any atom is -0.480 e. The molecule has 0 bridgehead atoms. The van der Waals surface area contributed by atoms with Crippen molar-refractivity contribution < 1.29 is 19.4 Å². The van der Waals surface area contributed by atoms with Crippen LogP contribution in [0.4, 0.5) is 0 Å². The molecule has 1 atom stereocenters. The summed E-state index contributed by atoms with van der Waals surface area (Å²) in [6.07, 6.45) is 0.393. The summed E-state index contributed by atoms with van der Waals surface area (Å²) in [6.45, 7) is 2.31. The number of thioether (sulfide) groups is 1. The number of aliphatic carboxylic acids is 1. The Balaban J connectivity index is 3.67. The molecule has 0 aliphatic heterocycles. The number of methoxy groups -OCH3 is 1. The first-order valence-corrected chi connectivity index (χ1v) is 5.86. The lowest BCUT2D eigenvalue weighted by molar-refractivity contribution is -0.141. The lowest BCUT2D eigenvalue weighted by Gasteiger charge is -2.11. The number of hydrogen-bond acceptors (Lipinski definition) is 4. The van der Waals surface area contributed by atoms with Gasteiger partial charge in [0.2, 0.25) is 5.91 Å². The Kier molecular flexibility index (Phi) is 8.12. The molecule has 0 radical (unpaired) electrons. The number of rotatable bonds is 8. The van der Waals surface area contributed by atoms with Crippen molar-refractivity contribution in [2.24, 2.45) is 0 Å². The van der Waals surface area contributed by atoms with Crippen LogP contribution in [0.5, 0.6) is 0 Å². The van der Waals surface area contributed by atoms with Crippen molar-refractivity contribution in [2.45, 2.75) is 19.4 Å². The summed E-state index contributed by atoms with van der Waals surface area (Å²) in [4.78, 5) is 21.8. The van der Waals surface area contributed by atoms with Gasteiger partial charge in [0.1, 0.15) is 6.04 Å². The van der Waals surface area contributed by atoms with Crippen molar-refractivity contribution in [2.75, 3.05) is 25.2 Å². The fourth-order valence-corrected chi connectivity index (χ4v) is 1.58. The molecule has 0 heterocycles. The highest BCUT2D eigenvalue weighted by molar-refractivity contribution is 7.99. The number of carboxylic acid groups (broad SMARTS) is 1. The Labute approximate surface area is 93.6 Å². The molecule has 0 aromatic rings. The third kappa shape index (κ3) is 7.21. The molecule has 0 aliphatic rings. The zero-order chi connectivity index (χ0) is 11.7. The zero-order valence-electron chi connectivity index (χ0n) is 8.99. The lowest BCUT2D eigenvalue weighted by Crippen LogP contribution is -2.41. The topological polar surface area (TPSA) is 75.6 Å². The molecule has 0 aromatic carbocycles. The van der Waals surface area contributed by atoms with E-state index in [4.69, 9.17) is 9.84 Å². The van der Waals surface area contributed by atoms with Crippen LogP contribution < -0.4 is 5.32 Å². The van der Waals surface area contributed by atoms with Gasteiger partial charge in [0.25, 0.3) is 0 Å². The van der Waals surface area contributed by atoms with E-state index in [1.54, 1.807) is 14.0 Å². The third-order valence-corrected chi connectivity index (χ3v) is 2.63. The summed E-state index contributed by atoms with van der Waals surface area (Å²) in [5.74, 6) is -0.237. The average molecular weight is 235 g/mol. The van der Waals surface area contributed by atoms with Gasteiger partial charge in [-0.2, -0.15) is 0 Å². The smallest absolute Gasteiger partial charge is 0.326 e. The number of carbonyl (C=O) groups excluding carboxylic acids is 1. The Morgan fingerprint density at radius 2 is 2.20 bits per heavy atom. The van der Waals surface area contributed by atoms with Crippen LogP contribution in [0.25, 0.3) is 0 Å². The molecule has 88 valence electrons. The third-order valence-electron chi connectivity index (χ3n) is 1.71. The lowest BCUT2D eigenvalue weighted by atomic mass is 10.2. The second-order valence-corrected chi connectivity index (χ2v) is 4.02. The highest BCUT2D eigenvalue weighted by Gasteiger charge is 2.16. The molecular weight excluding hydrogens is 218 g/mol. The molecule has 6 heteroatoms. The Hall–Kier alpha value is -0.750. The molecule has 0 aromatic heterocycles. The van der Waals surface area contributed by atoms with Crippen molar-refractivity contribution in [3.8, 4) is 0 Å². The van der Waals surface area contributed by atoms with E-state index < -0.39 is 12.0 Å². The number of amides is 1. The molecular formula is C9H17NO4S. The summed E-state index contributed by atoms with van der Waals surface area (Å²) in [6, 6.07) is -0.777. The standard InChI is InChI=1S/C9H17NO4S/c1-3-7(9(12)13)10-8(11)6-15-5-4-14-2/h7H,3-6H2,1-2H3,(H,10,11)(H,12,13)/t7-/m1/s1. The summed E-state index contributed by atoms with van der Waals surface area (Å²) >= 11 is 1.42. The fraction of sp³-hybridized carbons (Fsp3) is 0.778. The minimum atomic E-state index is -0.993. The maximum absolute atomic E-state index is 11.2. The first-order chi connectivity index (χ1) is 7.11. The van der Waals surface area contributed by atoms with Gasteiger partial charge in [-0.25, -0.2) is 4.79 Å². The monoisotopic (exact) mass is 235 g/mol. The number of hydrogen-bond donors (Lipinski definition) is 2. The van der Waals surface area contributed by atoms with Crippen molar-refractivity contribution in [1.82, 2.24) is 5.32 Å². The zero-order valence-corrected chi connectivity index (χ0v) is 9.80. The molecule has 15 heavy (non-hydrogen) atoms. The van der Waals surface area contributed by atoms with Crippen molar-refractivity contribution in [1.29, 1.82) is 0 Å². The second kappa shape index (κ2) is 8.55. The van der Waals surface area contributed by atoms with Gasteiger partial charge in [0.05, 0.1) is 12.4 Å². The van der Waals surface area contributed by atoms with Crippen molar-refractivity contribution in [3.63, 3.8) is 0 Å². The van der Waals surface area contributed by atoms with Gasteiger partial charge in [-0.05, 0) is 6.42 Å². The van der Waals surface area contributed by atoms with Crippen LogP contribution in [0.1, 0.15) is 13.3 Å². The molecule has 0 spiro atoms. The molecule has 0 unspecified atom stereocenters. The largest absolute Gasteiger partial charge is 0.480 e. The van der Waals surface area contributed by atoms with Gasteiger partial charge in [-0.3, -0.25) is 4.79 Å². The second-order valence-electron chi connectivity index (χ2n) is 2.91. The molecule has 5 nitrogen and oxygen atoms in total. The van der Waals surface area contributed by atoms with E-state index in [1.165, 1.54) is 11.8 Å². The Bertz CT molecular complexity index is 210. The first-order valence-electron chi connectivity index (χ1n) is 4.70. The number of carbonyl (C=O) groups is 2. The molecule has 0 saturated heterocycles. The SMILES string of the molecule is CC[C@@H](NC(=O)CSCCOC)C(=O)O. The maximum Gasteiger partial charge on any atom is 0.326 e. The molecule has 0 saturated carbocycles. The fourth-order valence-electron chi connectivity index (χ4n) is 0.882. The summed E-state index contributed by atoms with van der Waals surface area (Å²) in [7, 11) is 1.60. The van der Waals surface area contributed by atoms with Crippen LogP contribution in [0.3, 0.4) is 0 Å². The Morgan fingerprint density at radius 3 is 2.67 bits per heavy atom. The number of carboxylic acids is 1. The summed E-state index contributed by atoms with van der Waals surface area (Å²) in [5.41, 5.74) is 0. The van der Waals surface area contributed by atoms with E-state index in [9.17, 15) is 9.59 Å². The predicted molar refractivity (Wildman–Crippen MR) is 59.1 cm³/mol.